The fourth-order valence-electron chi connectivity index (χ4n) is 3.14. The van der Waals surface area contributed by atoms with Crippen molar-refractivity contribution in [3.8, 4) is 17.0 Å². The van der Waals surface area contributed by atoms with Crippen molar-refractivity contribution < 1.29 is 9.53 Å². The maximum atomic E-state index is 12.4. The van der Waals surface area contributed by atoms with Gasteiger partial charge >= 0.3 is 0 Å². The van der Waals surface area contributed by atoms with E-state index in [0.29, 0.717) is 18.0 Å². The van der Waals surface area contributed by atoms with Crippen molar-refractivity contribution in [2.45, 2.75) is 20.0 Å². The SMILES string of the molecule is CCc1ccc(C=NNC(=O)c2cc(-c3cccc(OCc4ccccc4)c3)n[nH]2)cc1. The number of nitrogens with zero attached hydrogens (tertiary/aromatic N) is 2. The van der Waals surface area contributed by atoms with E-state index in [1.807, 2.05) is 78.9 Å². The smallest absolute Gasteiger partial charge is 0.289 e. The first-order valence-corrected chi connectivity index (χ1v) is 10.5. The van der Waals surface area contributed by atoms with Crippen molar-refractivity contribution in [2.75, 3.05) is 0 Å². The summed E-state index contributed by atoms with van der Waals surface area (Å²) in [6.07, 6.45) is 2.60. The first-order chi connectivity index (χ1) is 15.7. The van der Waals surface area contributed by atoms with Crippen LogP contribution in [0.2, 0.25) is 0 Å². The van der Waals surface area contributed by atoms with Crippen LogP contribution >= 0.6 is 0 Å². The van der Waals surface area contributed by atoms with E-state index >= 15 is 0 Å². The number of aryl methyl sites for hydroxylation is 1. The van der Waals surface area contributed by atoms with Gasteiger partial charge in [-0.2, -0.15) is 10.2 Å². The fraction of sp³-hybridized carbons (Fsp3) is 0.115. The molecule has 3 aromatic carbocycles. The monoisotopic (exact) mass is 424 g/mol. The average Bonchev–Trinajstić information content (AvgIpc) is 3.35. The predicted molar refractivity (Wildman–Crippen MR) is 126 cm³/mol. The van der Waals surface area contributed by atoms with Crippen LogP contribution in [0.25, 0.3) is 11.3 Å². The summed E-state index contributed by atoms with van der Waals surface area (Å²) in [5, 5.41) is 11.1. The molecule has 1 amide bonds. The first kappa shape index (κ1) is 21.1. The third kappa shape index (κ3) is 5.49. The Balaban J connectivity index is 1.37. The molecule has 0 atom stereocenters. The van der Waals surface area contributed by atoms with Gasteiger partial charge in [0.2, 0.25) is 0 Å². The second kappa shape index (κ2) is 10.2. The van der Waals surface area contributed by atoms with Crippen LogP contribution in [0.15, 0.2) is 90.0 Å². The number of H-pyrrole nitrogens is 1. The van der Waals surface area contributed by atoms with E-state index < -0.39 is 0 Å². The highest BCUT2D eigenvalue weighted by molar-refractivity contribution is 5.94. The van der Waals surface area contributed by atoms with Gasteiger partial charge in [0, 0.05) is 5.56 Å². The summed E-state index contributed by atoms with van der Waals surface area (Å²) in [6.45, 7) is 2.59. The van der Waals surface area contributed by atoms with Crippen LogP contribution in [0.4, 0.5) is 0 Å². The Hall–Kier alpha value is -4.19. The Labute approximate surface area is 187 Å². The summed E-state index contributed by atoms with van der Waals surface area (Å²) in [7, 11) is 0. The van der Waals surface area contributed by atoms with Crippen molar-refractivity contribution >= 4 is 12.1 Å². The van der Waals surface area contributed by atoms with Crippen LogP contribution in [0.3, 0.4) is 0 Å². The van der Waals surface area contributed by atoms with Gasteiger partial charge in [-0.05, 0) is 41.3 Å². The summed E-state index contributed by atoms with van der Waals surface area (Å²) in [5.74, 6) is 0.376. The fourth-order valence-corrected chi connectivity index (χ4v) is 3.14. The van der Waals surface area contributed by atoms with Gasteiger partial charge in [-0.3, -0.25) is 9.89 Å². The molecule has 2 N–H and O–H groups in total. The zero-order valence-corrected chi connectivity index (χ0v) is 17.8. The Morgan fingerprint density at radius 3 is 2.59 bits per heavy atom. The van der Waals surface area contributed by atoms with E-state index in [-0.39, 0.29) is 5.91 Å². The number of hydrazone groups is 1. The highest BCUT2D eigenvalue weighted by Gasteiger charge is 2.11. The lowest BCUT2D eigenvalue weighted by molar-refractivity contribution is 0.0950. The standard InChI is InChI=1S/C26H24N4O2/c1-2-19-11-13-20(14-12-19)17-27-30-26(31)25-16-24(28-29-25)22-9-6-10-23(15-22)32-18-21-7-4-3-5-8-21/h3-17H,2,18H2,1H3,(H,28,29)(H,30,31). The van der Waals surface area contributed by atoms with E-state index in [0.717, 1.165) is 28.9 Å². The first-order valence-electron chi connectivity index (χ1n) is 10.5. The molecular formula is C26H24N4O2. The summed E-state index contributed by atoms with van der Waals surface area (Å²) < 4.78 is 5.88. The number of aromatic amines is 1. The number of hydrogen-bond donors (Lipinski definition) is 2. The Kier molecular flexibility index (Phi) is 6.72. The minimum atomic E-state index is -0.360. The third-order valence-electron chi connectivity index (χ3n) is 4.97. The molecule has 0 aliphatic rings. The van der Waals surface area contributed by atoms with Crippen molar-refractivity contribution in [2.24, 2.45) is 5.10 Å². The molecule has 4 aromatic rings. The summed E-state index contributed by atoms with van der Waals surface area (Å²) in [5.41, 5.74) is 7.63. The normalized spacial score (nSPS) is 10.9. The van der Waals surface area contributed by atoms with Crippen LogP contribution < -0.4 is 10.2 Å². The number of hydrogen-bond acceptors (Lipinski definition) is 4. The molecule has 0 aliphatic carbocycles. The Morgan fingerprint density at radius 1 is 1.00 bits per heavy atom. The molecule has 160 valence electrons. The molecule has 32 heavy (non-hydrogen) atoms. The predicted octanol–water partition coefficient (Wildman–Crippen LogP) is 4.98. The van der Waals surface area contributed by atoms with E-state index in [1.165, 1.54) is 5.56 Å². The van der Waals surface area contributed by atoms with Gasteiger partial charge in [0.25, 0.3) is 5.91 Å². The zero-order valence-electron chi connectivity index (χ0n) is 17.8. The topological polar surface area (TPSA) is 79.4 Å². The lowest BCUT2D eigenvalue weighted by Gasteiger charge is -2.07. The number of rotatable bonds is 8. The maximum Gasteiger partial charge on any atom is 0.289 e. The molecule has 0 saturated carbocycles. The molecule has 1 heterocycles. The molecule has 6 nitrogen and oxygen atoms in total. The van der Waals surface area contributed by atoms with Crippen molar-refractivity contribution in [1.29, 1.82) is 0 Å². The molecule has 1 aromatic heterocycles. The second-order valence-electron chi connectivity index (χ2n) is 7.26. The number of carbonyl (C=O) groups excluding carboxylic acids is 1. The zero-order chi connectivity index (χ0) is 22.2. The molecule has 0 fully saturated rings. The van der Waals surface area contributed by atoms with E-state index in [2.05, 4.69) is 27.6 Å². The quantitative estimate of drug-likeness (QED) is 0.309. The highest BCUT2D eigenvalue weighted by Crippen LogP contribution is 2.23. The van der Waals surface area contributed by atoms with Gasteiger partial charge in [0.05, 0.1) is 11.9 Å². The van der Waals surface area contributed by atoms with Gasteiger partial charge < -0.3 is 4.74 Å². The summed E-state index contributed by atoms with van der Waals surface area (Å²) >= 11 is 0. The van der Waals surface area contributed by atoms with Crippen LogP contribution in [-0.4, -0.2) is 22.3 Å². The van der Waals surface area contributed by atoms with Crippen LogP contribution in [0.5, 0.6) is 5.75 Å². The Bertz CT molecular complexity index is 1200. The molecule has 4 rings (SSSR count). The van der Waals surface area contributed by atoms with Gasteiger partial charge in [-0.1, -0.05) is 73.7 Å². The number of ether oxygens (including phenoxy) is 1. The van der Waals surface area contributed by atoms with Crippen molar-refractivity contribution in [3.05, 3.63) is 107 Å². The van der Waals surface area contributed by atoms with Crippen molar-refractivity contribution in [1.82, 2.24) is 15.6 Å². The van der Waals surface area contributed by atoms with E-state index in [9.17, 15) is 4.79 Å². The number of aromatic nitrogens is 2. The molecule has 0 saturated heterocycles. The van der Waals surface area contributed by atoms with Gasteiger partial charge in [0.1, 0.15) is 18.1 Å². The molecule has 0 aliphatic heterocycles. The molecule has 0 spiro atoms. The third-order valence-corrected chi connectivity index (χ3v) is 4.97. The van der Waals surface area contributed by atoms with Crippen LogP contribution in [-0.2, 0) is 13.0 Å². The minimum Gasteiger partial charge on any atom is -0.489 e. The number of nitrogens with one attached hydrogen (secondary N) is 2. The summed E-state index contributed by atoms with van der Waals surface area (Å²) in [4.78, 5) is 12.4. The number of amides is 1. The van der Waals surface area contributed by atoms with Gasteiger partial charge in [-0.25, -0.2) is 5.43 Å². The maximum absolute atomic E-state index is 12.4. The number of benzene rings is 3. The lowest BCUT2D eigenvalue weighted by atomic mass is 10.1. The molecular weight excluding hydrogens is 400 g/mol. The largest absolute Gasteiger partial charge is 0.489 e. The second-order valence-corrected chi connectivity index (χ2v) is 7.26. The van der Waals surface area contributed by atoms with E-state index in [1.54, 1.807) is 12.3 Å². The van der Waals surface area contributed by atoms with Gasteiger partial charge in [0.15, 0.2) is 0 Å². The van der Waals surface area contributed by atoms with Crippen LogP contribution in [0.1, 0.15) is 34.1 Å². The van der Waals surface area contributed by atoms with Crippen LogP contribution in [0, 0.1) is 0 Å². The number of carbonyl (C=O) groups is 1. The molecule has 0 radical (unpaired) electrons. The lowest BCUT2D eigenvalue weighted by Crippen LogP contribution is -2.17. The van der Waals surface area contributed by atoms with Crippen molar-refractivity contribution in [3.63, 3.8) is 0 Å². The average molecular weight is 425 g/mol. The summed E-state index contributed by atoms with van der Waals surface area (Å²) in [6, 6.07) is 27.3. The Morgan fingerprint density at radius 2 is 1.81 bits per heavy atom. The molecule has 0 unspecified atom stereocenters. The molecule has 6 heteroatoms. The molecule has 0 bridgehead atoms. The van der Waals surface area contributed by atoms with E-state index in [4.69, 9.17) is 4.74 Å². The highest BCUT2D eigenvalue weighted by atomic mass is 16.5. The minimum absolute atomic E-state index is 0.328. The van der Waals surface area contributed by atoms with Gasteiger partial charge in [-0.15, -0.1) is 0 Å².